The van der Waals surface area contributed by atoms with Gasteiger partial charge in [-0.15, -0.1) is 0 Å². The first kappa shape index (κ1) is 13.1. The third-order valence-corrected chi connectivity index (χ3v) is 3.07. The first-order valence-electron chi connectivity index (χ1n) is 4.88. The Hall–Kier alpha value is -1.01. The highest BCUT2D eigenvalue weighted by atomic mass is 32.2. The minimum absolute atomic E-state index is 0.0695. The number of aromatic nitrogens is 1. The zero-order chi connectivity index (χ0) is 12.0. The Balaban J connectivity index is 2.33. The van der Waals surface area contributed by atoms with Crippen LogP contribution < -0.4 is 0 Å². The molecule has 5 nitrogen and oxygen atoms in total. The number of carboxylic acid groups (broad SMARTS) is 1. The second kappa shape index (κ2) is 6.55. The maximum Gasteiger partial charge on any atom is 0.304 e. The lowest BCUT2D eigenvalue weighted by Crippen LogP contribution is -2.05. The first-order valence-corrected chi connectivity index (χ1v) is 5.93. The Morgan fingerprint density at radius 1 is 1.75 bits per heavy atom. The molecule has 0 aliphatic carbocycles. The number of hydrogen-bond acceptors (Lipinski definition) is 5. The largest absolute Gasteiger partial charge is 0.481 e. The molecule has 1 N–H and O–H groups in total. The number of nitrogens with zero attached hydrogens (tertiary/aromatic N) is 1. The molecule has 0 radical (unpaired) electrons. The quantitative estimate of drug-likeness (QED) is 0.791. The highest BCUT2D eigenvalue weighted by molar-refractivity contribution is 7.99. The fourth-order valence-corrected chi connectivity index (χ4v) is 2.02. The number of methoxy groups -OCH3 is 1. The summed E-state index contributed by atoms with van der Waals surface area (Å²) in [5, 5.41) is 12.5. The Bertz CT molecular complexity index is 339. The van der Waals surface area contributed by atoms with Gasteiger partial charge in [0.05, 0.1) is 12.1 Å². The van der Waals surface area contributed by atoms with E-state index in [1.54, 1.807) is 18.9 Å². The second-order valence-electron chi connectivity index (χ2n) is 3.44. The Morgan fingerprint density at radius 2 is 2.50 bits per heavy atom. The van der Waals surface area contributed by atoms with E-state index in [2.05, 4.69) is 5.16 Å². The molecule has 0 saturated carbocycles. The maximum atomic E-state index is 10.4. The van der Waals surface area contributed by atoms with Crippen molar-refractivity contribution in [3.05, 3.63) is 17.5 Å². The van der Waals surface area contributed by atoms with Gasteiger partial charge in [0.1, 0.15) is 6.61 Å². The summed E-state index contributed by atoms with van der Waals surface area (Å²) < 4.78 is 9.91. The molecule has 0 spiro atoms. The van der Waals surface area contributed by atoms with E-state index in [9.17, 15) is 4.79 Å². The molecular formula is C10H15NO4S. The molecule has 6 heteroatoms. The van der Waals surface area contributed by atoms with Crippen LogP contribution in [-0.4, -0.2) is 28.6 Å². The minimum Gasteiger partial charge on any atom is -0.481 e. The fourth-order valence-electron chi connectivity index (χ4n) is 1.17. The predicted octanol–water partition coefficient (Wildman–Crippen LogP) is 1.92. The lowest BCUT2D eigenvalue weighted by Gasteiger charge is -2.05. The average molecular weight is 245 g/mol. The monoisotopic (exact) mass is 245 g/mol. The van der Waals surface area contributed by atoms with Crippen LogP contribution in [0.2, 0.25) is 0 Å². The predicted molar refractivity (Wildman–Crippen MR) is 60.2 cm³/mol. The molecule has 1 atom stereocenters. The van der Waals surface area contributed by atoms with Gasteiger partial charge in [0.15, 0.2) is 5.76 Å². The first-order chi connectivity index (χ1) is 7.61. The van der Waals surface area contributed by atoms with Crippen LogP contribution in [0.25, 0.3) is 0 Å². The summed E-state index contributed by atoms with van der Waals surface area (Å²) in [6, 6.07) is 1.82. The molecule has 0 amide bonds. The van der Waals surface area contributed by atoms with Gasteiger partial charge < -0.3 is 14.4 Å². The van der Waals surface area contributed by atoms with Gasteiger partial charge in [-0.05, 0) is 0 Å². The number of ether oxygens (including phenoxy) is 1. The molecule has 0 saturated heterocycles. The molecule has 90 valence electrons. The summed E-state index contributed by atoms with van der Waals surface area (Å²) in [5.41, 5.74) is 0.814. The molecular weight excluding hydrogens is 230 g/mol. The number of carboxylic acids is 1. The molecule has 1 rings (SSSR count). The molecule has 0 aliphatic rings. The van der Waals surface area contributed by atoms with Gasteiger partial charge in [0, 0.05) is 24.2 Å². The van der Waals surface area contributed by atoms with Gasteiger partial charge >= 0.3 is 5.97 Å². The van der Waals surface area contributed by atoms with Gasteiger partial charge in [-0.1, -0.05) is 12.1 Å². The highest BCUT2D eigenvalue weighted by Crippen LogP contribution is 2.20. The number of rotatable bonds is 7. The molecule has 1 aromatic heterocycles. The van der Waals surface area contributed by atoms with E-state index >= 15 is 0 Å². The molecule has 0 bridgehead atoms. The van der Waals surface area contributed by atoms with Crippen LogP contribution in [0.1, 0.15) is 24.8 Å². The molecule has 16 heavy (non-hydrogen) atoms. The van der Waals surface area contributed by atoms with Crippen molar-refractivity contribution in [2.45, 2.75) is 31.0 Å². The smallest absolute Gasteiger partial charge is 0.304 e. The van der Waals surface area contributed by atoms with Crippen molar-refractivity contribution >= 4 is 17.7 Å². The van der Waals surface area contributed by atoms with E-state index in [0.29, 0.717) is 18.1 Å². The van der Waals surface area contributed by atoms with E-state index in [1.807, 2.05) is 13.0 Å². The topological polar surface area (TPSA) is 72.6 Å². The normalized spacial score (nSPS) is 12.6. The Kier molecular flexibility index (Phi) is 5.34. The standard InChI is InChI=1S/C10H15NO4S/c1-7(3-10(12)13)16-6-8-4-9(5-14-2)15-11-8/h4,7H,3,5-6H2,1-2H3,(H,12,13). The maximum absolute atomic E-state index is 10.4. The van der Waals surface area contributed by atoms with Gasteiger partial charge in [-0.3, -0.25) is 4.79 Å². The summed E-state index contributed by atoms with van der Waals surface area (Å²) in [5.74, 6) is 0.561. The summed E-state index contributed by atoms with van der Waals surface area (Å²) in [4.78, 5) is 10.4. The molecule has 0 aromatic carbocycles. The Morgan fingerprint density at radius 3 is 3.12 bits per heavy atom. The van der Waals surface area contributed by atoms with E-state index in [4.69, 9.17) is 14.4 Å². The van der Waals surface area contributed by atoms with Crippen molar-refractivity contribution in [1.29, 1.82) is 0 Å². The number of thioether (sulfide) groups is 1. The van der Waals surface area contributed by atoms with Gasteiger partial charge in [0.2, 0.25) is 0 Å². The van der Waals surface area contributed by atoms with Crippen LogP contribution in [-0.2, 0) is 21.9 Å². The van der Waals surface area contributed by atoms with Crippen LogP contribution in [0.4, 0.5) is 0 Å². The van der Waals surface area contributed by atoms with Crippen LogP contribution in [0.3, 0.4) is 0 Å². The summed E-state index contributed by atoms with van der Waals surface area (Å²) >= 11 is 1.55. The summed E-state index contributed by atoms with van der Waals surface area (Å²) in [6.45, 7) is 2.29. The van der Waals surface area contributed by atoms with Gasteiger partial charge in [-0.25, -0.2) is 0 Å². The zero-order valence-corrected chi connectivity index (χ0v) is 10.1. The lowest BCUT2D eigenvalue weighted by molar-refractivity contribution is -0.136. The Labute approximate surface area is 98.1 Å². The number of hydrogen-bond donors (Lipinski definition) is 1. The van der Waals surface area contributed by atoms with Crippen molar-refractivity contribution in [3.63, 3.8) is 0 Å². The third-order valence-electron chi connectivity index (χ3n) is 1.87. The van der Waals surface area contributed by atoms with E-state index in [1.165, 1.54) is 0 Å². The van der Waals surface area contributed by atoms with E-state index < -0.39 is 5.97 Å². The van der Waals surface area contributed by atoms with Crippen molar-refractivity contribution in [1.82, 2.24) is 5.16 Å². The second-order valence-corrected chi connectivity index (χ2v) is 4.86. The summed E-state index contributed by atoms with van der Waals surface area (Å²) in [7, 11) is 1.59. The minimum atomic E-state index is -0.778. The van der Waals surface area contributed by atoms with E-state index in [-0.39, 0.29) is 11.7 Å². The van der Waals surface area contributed by atoms with Crippen LogP contribution >= 0.6 is 11.8 Å². The third kappa shape index (κ3) is 4.67. The average Bonchev–Trinajstić information content (AvgIpc) is 2.62. The van der Waals surface area contributed by atoms with Crippen molar-refractivity contribution in [2.24, 2.45) is 0 Å². The molecule has 0 fully saturated rings. The van der Waals surface area contributed by atoms with Crippen LogP contribution in [0, 0.1) is 0 Å². The van der Waals surface area contributed by atoms with E-state index in [0.717, 1.165) is 5.69 Å². The summed E-state index contributed by atoms with van der Waals surface area (Å²) in [6.07, 6.45) is 0.160. The highest BCUT2D eigenvalue weighted by Gasteiger charge is 2.10. The number of aliphatic carboxylic acids is 1. The van der Waals surface area contributed by atoms with Gasteiger partial charge in [-0.2, -0.15) is 11.8 Å². The van der Waals surface area contributed by atoms with Crippen molar-refractivity contribution in [3.8, 4) is 0 Å². The molecule has 1 heterocycles. The van der Waals surface area contributed by atoms with Crippen molar-refractivity contribution < 1.29 is 19.2 Å². The van der Waals surface area contributed by atoms with Gasteiger partial charge in [0.25, 0.3) is 0 Å². The lowest BCUT2D eigenvalue weighted by atomic mass is 10.3. The fraction of sp³-hybridized carbons (Fsp3) is 0.600. The molecule has 1 aromatic rings. The van der Waals surface area contributed by atoms with Crippen LogP contribution in [0.15, 0.2) is 10.6 Å². The molecule has 0 aliphatic heterocycles. The number of carbonyl (C=O) groups is 1. The zero-order valence-electron chi connectivity index (χ0n) is 9.30. The van der Waals surface area contributed by atoms with Crippen molar-refractivity contribution in [2.75, 3.05) is 7.11 Å². The SMILES string of the molecule is COCc1cc(CSC(C)CC(=O)O)no1. The molecule has 1 unspecified atom stereocenters. The van der Waals surface area contributed by atoms with Crippen LogP contribution in [0.5, 0.6) is 0 Å².